The quantitative estimate of drug-likeness (QED) is 0.485. The predicted octanol–water partition coefficient (Wildman–Crippen LogP) is 0.314. The Labute approximate surface area is 35.2 Å². The lowest BCUT2D eigenvalue weighted by Gasteiger charge is -1.62. The Morgan fingerprint density at radius 2 is 2.83 bits per heavy atom. The molecule has 6 heavy (non-hydrogen) atoms. The third-order valence-electron chi connectivity index (χ3n) is 1.05. The normalized spacial score (nSPS) is 14.0. The third kappa shape index (κ3) is 0.125. The molecule has 2 nitrogen and oxygen atoms in total. The van der Waals surface area contributed by atoms with Gasteiger partial charge in [0.15, 0.2) is 0 Å². The van der Waals surface area contributed by atoms with E-state index in [1.54, 1.807) is 0 Å². The molecule has 1 aliphatic rings. The molecule has 2 rings (SSSR count). The highest BCUT2D eigenvalue weighted by molar-refractivity contribution is 5.36. The first-order valence-electron chi connectivity index (χ1n) is 1.98. The van der Waals surface area contributed by atoms with Crippen molar-refractivity contribution in [2.24, 2.45) is 0 Å². The molecule has 2 heteroatoms. The Balaban J connectivity index is 2.88. The third-order valence-corrected chi connectivity index (χ3v) is 1.05. The monoisotopic (exact) mass is 80.0 g/mol. The lowest BCUT2D eigenvalue weighted by molar-refractivity contribution is 1.04. The highest BCUT2D eigenvalue weighted by atomic mass is 15.1. The Kier molecular flexibility index (Phi) is 0.204. The summed E-state index contributed by atoms with van der Waals surface area (Å²) in [4.78, 5) is 0. The zero-order chi connectivity index (χ0) is 3.98. The van der Waals surface area contributed by atoms with Gasteiger partial charge in [0, 0.05) is 12.1 Å². The maximum Gasteiger partial charge on any atom is 0.0526 e. The summed E-state index contributed by atoms with van der Waals surface area (Å²) < 4.78 is 0. The molecule has 0 fully saturated rings. The number of H-pyrrole nitrogens is 1. The maximum absolute atomic E-state index is 3.77. The van der Waals surface area contributed by atoms with E-state index in [0.29, 0.717) is 0 Å². The molecule has 0 aromatic carbocycles. The van der Waals surface area contributed by atoms with Gasteiger partial charge in [0.2, 0.25) is 0 Å². The van der Waals surface area contributed by atoms with Crippen molar-refractivity contribution in [3.63, 3.8) is 0 Å². The number of nitrogens with zero attached hydrogens (tertiary/aromatic N) is 1. The Hall–Kier alpha value is -0.790. The summed E-state index contributed by atoms with van der Waals surface area (Å²) in [5.41, 5.74) is 2.70. The number of aromatic amines is 1. The molecule has 0 aliphatic heterocycles. The van der Waals surface area contributed by atoms with Gasteiger partial charge in [-0.15, -0.1) is 0 Å². The van der Waals surface area contributed by atoms with Crippen molar-refractivity contribution in [1.29, 1.82) is 0 Å². The molecular weight excluding hydrogens is 76.1 g/mol. The molecule has 0 atom stereocenters. The van der Waals surface area contributed by atoms with Crippen molar-refractivity contribution in [2.75, 3.05) is 0 Å². The van der Waals surface area contributed by atoms with Crippen LogP contribution in [0.4, 0.5) is 0 Å². The van der Waals surface area contributed by atoms with E-state index < -0.39 is 0 Å². The van der Waals surface area contributed by atoms with E-state index in [4.69, 9.17) is 0 Å². The van der Waals surface area contributed by atoms with Crippen LogP contribution in [0.1, 0.15) is 11.3 Å². The summed E-state index contributed by atoms with van der Waals surface area (Å²) >= 11 is 0. The van der Waals surface area contributed by atoms with Crippen molar-refractivity contribution < 1.29 is 0 Å². The van der Waals surface area contributed by atoms with Crippen LogP contribution in [0.2, 0.25) is 0 Å². The predicted molar refractivity (Wildman–Crippen MR) is 21.4 cm³/mol. The van der Waals surface area contributed by atoms with Crippen LogP contribution in [0.3, 0.4) is 0 Å². The standard InChI is InChI=1S/C4H4N2/c1-3-2-5-6-4(1)3/h2H,1H2,(H,5,6). The van der Waals surface area contributed by atoms with Gasteiger partial charge < -0.3 is 0 Å². The van der Waals surface area contributed by atoms with E-state index in [1.165, 1.54) is 11.3 Å². The van der Waals surface area contributed by atoms with Gasteiger partial charge >= 0.3 is 0 Å². The molecule has 0 bridgehead atoms. The summed E-state index contributed by atoms with van der Waals surface area (Å²) in [7, 11) is 0. The fourth-order valence-electron chi connectivity index (χ4n) is 0.569. The van der Waals surface area contributed by atoms with Crippen LogP contribution in [0.5, 0.6) is 0 Å². The van der Waals surface area contributed by atoms with Gasteiger partial charge in [0.25, 0.3) is 0 Å². The number of nitrogens with one attached hydrogen (secondary N) is 1. The van der Waals surface area contributed by atoms with Crippen LogP contribution in [0, 0.1) is 0 Å². The van der Waals surface area contributed by atoms with E-state index in [1.807, 2.05) is 6.20 Å². The average Bonchev–Trinajstić information content (AvgIpc) is 2.17. The second-order valence-corrected chi connectivity index (χ2v) is 1.55. The zero-order valence-electron chi connectivity index (χ0n) is 3.23. The zero-order valence-corrected chi connectivity index (χ0v) is 3.23. The van der Waals surface area contributed by atoms with E-state index in [9.17, 15) is 0 Å². The largest absolute Gasteiger partial charge is 0.282 e. The van der Waals surface area contributed by atoms with Gasteiger partial charge in [-0.1, -0.05) is 0 Å². The first-order valence-corrected chi connectivity index (χ1v) is 1.98. The molecule has 30 valence electrons. The topological polar surface area (TPSA) is 28.7 Å². The molecule has 1 aromatic rings. The second kappa shape index (κ2) is 0.511. The first kappa shape index (κ1) is 2.39. The minimum atomic E-state index is 1.16. The van der Waals surface area contributed by atoms with Crippen molar-refractivity contribution in [2.45, 2.75) is 6.42 Å². The number of aromatic nitrogens is 2. The van der Waals surface area contributed by atoms with Gasteiger partial charge in [-0.05, 0) is 5.56 Å². The Morgan fingerprint density at radius 3 is 3.00 bits per heavy atom. The number of hydrogen-bond donors (Lipinski definition) is 1. The number of fused-ring (bicyclic) bond motifs is 1. The van der Waals surface area contributed by atoms with Crippen LogP contribution in [0.15, 0.2) is 6.20 Å². The minimum absolute atomic E-state index is 1.16. The Bertz CT molecular complexity index is 149. The number of rotatable bonds is 0. The van der Waals surface area contributed by atoms with E-state index in [0.717, 1.165) is 6.42 Å². The number of hydrogen-bond acceptors (Lipinski definition) is 1. The van der Waals surface area contributed by atoms with E-state index in [-0.39, 0.29) is 0 Å². The first-order chi connectivity index (χ1) is 2.97. The summed E-state index contributed by atoms with van der Waals surface area (Å²) in [5.74, 6) is 0. The maximum atomic E-state index is 3.77. The van der Waals surface area contributed by atoms with Crippen LogP contribution in [0.25, 0.3) is 0 Å². The molecule has 1 aromatic heterocycles. The molecule has 1 heterocycles. The SMILES string of the molecule is c1n[nH]c2c1C2. The molecule has 1 N–H and O–H groups in total. The van der Waals surface area contributed by atoms with Crippen molar-refractivity contribution in [3.05, 3.63) is 17.5 Å². The molecule has 0 amide bonds. The fourth-order valence-corrected chi connectivity index (χ4v) is 0.569. The van der Waals surface area contributed by atoms with Crippen LogP contribution in [-0.2, 0) is 6.42 Å². The van der Waals surface area contributed by atoms with Crippen molar-refractivity contribution in [1.82, 2.24) is 10.2 Å². The smallest absolute Gasteiger partial charge is 0.0526 e. The van der Waals surface area contributed by atoms with Gasteiger partial charge in [-0.3, -0.25) is 5.10 Å². The van der Waals surface area contributed by atoms with Crippen LogP contribution < -0.4 is 0 Å². The van der Waals surface area contributed by atoms with Gasteiger partial charge in [-0.25, -0.2) is 0 Å². The van der Waals surface area contributed by atoms with Crippen LogP contribution >= 0.6 is 0 Å². The van der Waals surface area contributed by atoms with Crippen LogP contribution in [-0.4, -0.2) is 10.2 Å². The molecular formula is C4H4N2. The second-order valence-electron chi connectivity index (χ2n) is 1.55. The highest BCUT2D eigenvalue weighted by Gasteiger charge is 2.16. The lowest BCUT2D eigenvalue weighted by atomic mass is 10.7. The lowest BCUT2D eigenvalue weighted by Crippen LogP contribution is -1.65. The summed E-state index contributed by atoms with van der Waals surface area (Å²) in [5, 5.41) is 6.61. The van der Waals surface area contributed by atoms with Crippen molar-refractivity contribution in [3.8, 4) is 0 Å². The van der Waals surface area contributed by atoms with Crippen molar-refractivity contribution >= 4 is 0 Å². The fraction of sp³-hybridized carbons (Fsp3) is 0.250. The Morgan fingerprint density at radius 1 is 1.83 bits per heavy atom. The van der Waals surface area contributed by atoms with E-state index in [2.05, 4.69) is 10.2 Å². The molecule has 0 saturated heterocycles. The average molecular weight is 80.1 g/mol. The van der Waals surface area contributed by atoms with E-state index >= 15 is 0 Å². The minimum Gasteiger partial charge on any atom is -0.282 e. The summed E-state index contributed by atoms with van der Waals surface area (Å²) in [6.07, 6.45) is 3.03. The highest BCUT2D eigenvalue weighted by Crippen LogP contribution is 2.22. The summed E-state index contributed by atoms with van der Waals surface area (Å²) in [6, 6.07) is 0. The van der Waals surface area contributed by atoms with Gasteiger partial charge in [0.05, 0.1) is 6.20 Å². The van der Waals surface area contributed by atoms with Gasteiger partial charge in [-0.2, -0.15) is 5.10 Å². The van der Waals surface area contributed by atoms with Gasteiger partial charge in [0.1, 0.15) is 0 Å². The molecule has 1 aliphatic carbocycles. The molecule has 0 radical (unpaired) electrons. The molecule has 0 spiro atoms. The molecule has 0 saturated carbocycles. The summed E-state index contributed by atoms with van der Waals surface area (Å²) in [6.45, 7) is 0. The molecule has 0 unspecified atom stereocenters.